The number of nitrogens with zero attached hydrogens (tertiary/aromatic N) is 4. The lowest BCUT2D eigenvalue weighted by Gasteiger charge is -2.35. The summed E-state index contributed by atoms with van der Waals surface area (Å²) in [5, 5.41) is 14.7. The number of amides is 1. The highest BCUT2D eigenvalue weighted by Crippen LogP contribution is 2.21. The van der Waals surface area contributed by atoms with Crippen molar-refractivity contribution in [3.63, 3.8) is 0 Å². The summed E-state index contributed by atoms with van der Waals surface area (Å²) in [5.41, 5.74) is -0.259. The fourth-order valence-electron chi connectivity index (χ4n) is 2.30. The van der Waals surface area contributed by atoms with E-state index in [1.807, 2.05) is 13.8 Å². The Morgan fingerprint density at radius 1 is 1.47 bits per heavy atom. The van der Waals surface area contributed by atoms with Crippen LogP contribution in [0.4, 0.5) is 5.69 Å². The fourth-order valence-corrected chi connectivity index (χ4v) is 2.30. The van der Waals surface area contributed by atoms with Gasteiger partial charge in [0.15, 0.2) is 0 Å². The number of nitro groups is 1. The Labute approximate surface area is 110 Å². The maximum Gasteiger partial charge on any atom is 0.320 e. The predicted octanol–water partition coefficient (Wildman–Crippen LogP) is 0.578. The van der Waals surface area contributed by atoms with Crippen LogP contribution in [-0.4, -0.2) is 50.8 Å². The molecule has 1 fully saturated rings. The normalized spacial score (nSPS) is 23.4. The second-order valence-electron chi connectivity index (χ2n) is 4.73. The molecular weight excluding hydrogens is 252 g/mol. The molecule has 8 heteroatoms. The zero-order valence-corrected chi connectivity index (χ0v) is 11.1. The third-order valence-electron chi connectivity index (χ3n) is 3.03. The lowest BCUT2D eigenvalue weighted by atomic mass is 10.2. The van der Waals surface area contributed by atoms with Crippen LogP contribution < -0.4 is 0 Å². The first-order valence-corrected chi connectivity index (χ1v) is 6.01. The van der Waals surface area contributed by atoms with E-state index in [9.17, 15) is 14.9 Å². The summed E-state index contributed by atoms with van der Waals surface area (Å²) in [5.74, 6) is -0.381. The SMILES string of the molecule is C[C@H]1CN(C(=O)c2c([N+](=O)[O-])cnn2C)C[C@H](C)O1. The lowest BCUT2D eigenvalue weighted by molar-refractivity contribution is -0.385. The molecule has 104 valence electrons. The molecule has 0 bridgehead atoms. The first-order valence-electron chi connectivity index (χ1n) is 6.01. The van der Waals surface area contributed by atoms with Gasteiger partial charge in [-0.15, -0.1) is 0 Å². The van der Waals surface area contributed by atoms with Crippen LogP contribution >= 0.6 is 0 Å². The van der Waals surface area contributed by atoms with E-state index in [4.69, 9.17) is 4.74 Å². The van der Waals surface area contributed by atoms with E-state index >= 15 is 0 Å². The first-order chi connectivity index (χ1) is 8.90. The Hall–Kier alpha value is -1.96. The molecule has 1 aromatic heterocycles. The van der Waals surface area contributed by atoms with Crippen LogP contribution in [0.1, 0.15) is 24.3 Å². The average molecular weight is 268 g/mol. The van der Waals surface area contributed by atoms with Crippen molar-refractivity contribution in [2.75, 3.05) is 13.1 Å². The zero-order valence-electron chi connectivity index (χ0n) is 11.1. The molecule has 0 aromatic carbocycles. The topological polar surface area (TPSA) is 90.5 Å². The third-order valence-corrected chi connectivity index (χ3v) is 3.03. The van der Waals surface area contributed by atoms with Gasteiger partial charge in [-0.1, -0.05) is 0 Å². The number of morpholine rings is 1. The number of aryl methyl sites for hydroxylation is 1. The smallest absolute Gasteiger partial charge is 0.320 e. The summed E-state index contributed by atoms with van der Waals surface area (Å²) in [6.07, 6.45) is 0.931. The van der Waals surface area contributed by atoms with Gasteiger partial charge in [0.2, 0.25) is 5.69 Å². The van der Waals surface area contributed by atoms with Crippen molar-refractivity contribution in [3.05, 3.63) is 22.0 Å². The van der Waals surface area contributed by atoms with Crippen molar-refractivity contribution in [2.24, 2.45) is 7.05 Å². The summed E-state index contributed by atoms with van der Waals surface area (Å²) in [6.45, 7) is 4.58. The molecule has 2 atom stereocenters. The summed E-state index contributed by atoms with van der Waals surface area (Å²) in [6, 6.07) is 0. The molecule has 1 aromatic rings. The second-order valence-corrected chi connectivity index (χ2v) is 4.73. The van der Waals surface area contributed by atoms with Gasteiger partial charge in [-0.05, 0) is 13.8 Å². The average Bonchev–Trinajstić information content (AvgIpc) is 2.69. The fraction of sp³-hybridized carbons (Fsp3) is 0.636. The van der Waals surface area contributed by atoms with Gasteiger partial charge >= 0.3 is 5.69 Å². The maximum atomic E-state index is 12.4. The Morgan fingerprint density at radius 3 is 2.58 bits per heavy atom. The third kappa shape index (κ3) is 2.58. The molecule has 0 N–H and O–H groups in total. The van der Waals surface area contributed by atoms with E-state index in [1.165, 1.54) is 11.7 Å². The van der Waals surface area contributed by atoms with Gasteiger partial charge in [0.05, 0.1) is 17.1 Å². The standard InChI is InChI=1S/C11H16N4O4/c1-7-5-14(6-8(2)19-7)11(16)10-9(15(17)18)4-12-13(10)3/h4,7-8H,5-6H2,1-3H3/t7-,8-/m0/s1. The van der Waals surface area contributed by atoms with Crippen molar-refractivity contribution in [2.45, 2.75) is 26.1 Å². The van der Waals surface area contributed by atoms with Crippen LogP contribution in [0.5, 0.6) is 0 Å². The van der Waals surface area contributed by atoms with Gasteiger partial charge in [0, 0.05) is 20.1 Å². The molecule has 1 amide bonds. The molecule has 1 saturated heterocycles. The predicted molar refractivity (Wildman–Crippen MR) is 65.8 cm³/mol. The van der Waals surface area contributed by atoms with Gasteiger partial charge in [-0.25, -0.2) is 0 Å². The summed E-state index contributed by atoms with van der Waals surface area (Å²) >= 11 is 0. The monoisotopic (exact) mass is 268 g/mol. The highest BCUT2D eigenvalue weighted by molar-refractivity contribution is 5.96. The minimum Gasteiger partial charge on any atom is -0.372 e. The Bertz CT molecular complexity index is 503. The summed E-state index contributed by atoms with van der Waals surface area (Å²) in [4.78, 5) is 24.3. The van der Waals surface area contributed by atoms with E-state index in [-0.39, 0.29) is 29.5 Å². The molecule has 19 heavy (non-hydrogen) atoms. The van der Waals surface area contributed by atoms with E-state index in [0.717, 1.165) is 6.20 Å². The van der Waals surface area contributed by atoms with Crippen LogP contribution in [0.2, 0.25) is 0 Å². The van der Waals surface area contributed by atoms with Gasteiger partial charge in [-0.3, -0.25) is 19.6 Å². The molecule has 1 aliphatic heterocycles. The van der Waals surface area contributed by atoms with Crippen molar-refractivity contribution < 1.29 is 14.5 Å². The Kier molecular flexibility index (Phi) is 3.52. The Balaban J connectivity index is 2.29. The van der Waals surface area contributed by atoms with E-state index in [1.54, 1.807) is 4.90 Å². The van der Waals surface area contributed by atoms with Gasteiger partial charge < -0.3 is 9.64 Å². The van der Waals surface area contributed by atoms with Crippen molar-refractivity contribution >= 4 is 11.6 Å². The molecule has 1 aliphatic rings. The van der Waals surface area contributed by atoms with Crippen LogP contribution in [0.3, 0.4) is 0 Å². The summed E-state index contributed by atoms with van der Waals surface area (Å²) < 4.78 is 6.78. The van der Waals surface area contributed by atoms with E-state index < -0.39 is 4.92 Å². The number of rotatable bonds is 2. The largest absolute Gasteiger partial charge is 0.372 e. The van der Waals surface area contributed by atoms with Crippen LogP contribution in [0, 0.1) is 10.1 Å². The maximum absolute atomic E-state index is 12.4. The van der Waals surface area contributed by atoms with E-state index in [2.05, 4.69) is 5.10 Å². The quantitative estimate of drug-likeness (QED) is 0.578. The number of hydrogen-bond donors (Lipinski definition) is 0. The zero-order chi connectivity index (χ0) is 14.2. The molecule has 0 radical (unpaired) electrons. The van der Waals surface area contributed by atoms with Crippen LogP contribution in [0.25, 0.3) is 0 Å². The molecule has 0 spiro atoms. The molecule has 2 rings (SSSR count). The minimum atomic E-state index is -0.590. The molecule has 8 nitrogen and oxygen atoms in total. The first kappa shape index (κ1) is 13.5. The molecule has 2 heterocycles. The van der Waals surface area contributed by atoms with Gasteiger partial charge in [0.1, 0.15) is 6.20 Å². The number of aromatic nitrogens is 2. The number of carbonyl (C=O) groups is 1. The minimum absolute atomic E-state index is 0.00583. The number of carbonyl (C=O) groups excluding carboxylic acids is 1. The number of hydrogen-bond acceptors (Lipinski definition) is 5. The lowest BCUT2D eigenvalue weighted by Crippen LogP contribution is -2.48. The molecule has 0 aliphatic carbocycles. The molecular formula is C11H16N4O4. The van der Waals surface area contributed by atoms with Gasteiger partial charge in [0.25, 0.3) is 5.91 Å². The van der Waals surface area contributed by atoms with Crippen LogP contribution in [0.15, 0.2) is 6.20 Å². The molecule has 0 unspecified atom stereocenters. The molecule has 0 saturated carbocycles. The highest BCUT2D eigenvalue weighted by Gasteiger charge is 2.33. The van der Waals surface area contributed by atoms with Crippen molar-refractivity contribution in [1.29, 1.82) is 0 Å². The van der Waals surface area contributed by atoms with Crippen LogP contribution in [-0.2, 0) is 11.8 Å². The highest BCUT2D eigenvalue weighted by atomic mass is 16.6. The Morgan fingerprint density at radius 2 is 2.05 bits per heavy atom. The van der Waals surface area contributed by atoms with Gasteiger partial charge in [-0.2, -0.15) is 5.10 Å². The summed E-state index contributed by atoms with van der Waals surface area (Å²) in [7, 11) is 1.52. The number of ether oxygens (including phenoxy) is 1. The second kappa shape index (κ2) is 4.96. The van der Waals surface area contributed by atoms with Crippen molar-refractivity contribution in [1.82, 2.24) is 14.7 Å². The van der Waals surface area contributed by atoms with Crippen molar-refractivity contribution in [3.8, 4) is 0 Å². The van der Waals surface area contributed by atoms with E-state index in [0.29, 0.717) is 13.1 Å².